The van der Waals surface area contributed by atoms with Crippen molar-refractivity contribution in [3.63, 3.8) is 0 Å². The van der Waals surface area contributed by atoms with Gasteiger partial charge in [0.15, 0.2) is 8.32 Å². The summed E-state index contributed by atoms with van der Waals surface area (Å²) in [7, 11) is -1.74. The molecule has 4 heteroatoms. The minimum atomic E-state index is -1.74. The maximum atomic E-state index is 12.1. The second-order valence-corrected chi connectivity index (χ2v) is 12.7. The third-order valence-electron chi connectivity index (χ3n) is 4.96. The monoisotopic (exact) mass is 331 g/mol. The highest BCUT2D eigenvalue weighted by Crippen LogP contribution is 2.37. The van der Waals surface area contributed by atoms with Crippen LogP contribution in [0.2, 0.25) is 18.1 Å². The molecule has 0 spiro atoms. The van der Waals surface area contributed by atoms with Crippen LogP contribution in [0.15, 0.2) is 42.5 Å². The van der Waals surface area contributed by atoms with Gasteiger partial charge in [0.25, 0.3) is 0 Å². The van der Waals surface area contributed by atoms with Crippen LogP contribution in [0, 0.1) is 5.92 Å². The van der Waals surface area contributed by atoms with Crippen LogP contribution in [-0.4, -0.2) is 32.3 Å². The molecule has 1 heterocycles. The molecule has 0 aliphatic carbocycles. The maximum absolute atomic E-state index is 12.1. The van der Waals surface area contributed by atoms with E-state index < -0.39 is 8.32 Å². The van der Waals surface area contributed by atoms with Crippen molar-refractivity contribution in [3.05, 3.63) is 48.0 Å². The van der Waals surface area contributed by atoms with Gasteiger partial charge < -0.3 is 9.33 Å². The molecule has 1 unspecified atom stereocenters. The summed E-state index contributed by atoms with van der Waals surface area (Å²) in [5.41, 5.74) is 1.17. The van der Waals surface area contributed by atoms with Gasteiger partial charge in [0.05, 0.1) is 0 Å². The van der Waals surface area contributed by atoms with Crippen molar-refractivity contribution in [1.29, 1.82) is 0 Å². The van der Waals surface area contributed by atoms with E-state index in [1.54, 1.807) is 6.08 Å². The van der Waals surface area contributed by atoms with E-state index in [4.69, 9.17) is 4.43 Å². The molecule has 126 valence electrons. The van der Waals surface area contributed by atoms with E-state index >= 15 is 0 Å². The molecule has 1 aromatic carbocycles. The Balaban J connectivity index is 1.95. The predicted octanol–water partition coefficient (Wildman–Crippen LogP) is 4.22. The lowest BCUT2D eigenvalue weighted by atomic mass is 10.1. The van der Waals surface area contributed by atoms with E-state index in [0.29, 0.717) is 13.2 Å². The van der Waals surface area contributed by atoms with Crippen LogP contribution >= 0.6 is 0 Å². The van der Waals surface area contributed by atoms with Crippen molar-refractivity contribution in [2.75, 3.05) is 13.2 Å². The first-order valence-electron chi connectivity index (χ1n) is 8.34. The molecule has 1 aliphatic heterocycles. The van der Waals surface area contributed by atoms with Gasteiger partial charge in [0.2, 0.25) is 5.91 Å². The average Bonchev–Trinajstić information content (AvgIpc) is 2.48. The Hall–Kier alpha value is -1.39. The Morgan fingerprint density at radius 3 is 2.48 bits per heavy atom. The maximum Gasteiger partial charge on any atom is 0.246 e. The first kappa shape index (κ1) is 18.0. The highest BCUT2D eigenvalue weighted by molar-refractivity contribution is 6.74. The topological polar surface area (TPSA) is 29.5 Å². The average molecular weight is 332 g/mol. The highest BCUT2D eigenvalue weighted by atomic mass is 28.4. The van der Waals surface area contributed by atoms with Crippen molar-refractivity contribution >= 4 is 14.2 Å². The van der Waals surface area contributed by atoms with E-state index in [9.17, 15) is 4.79 Å². The number of rotatable bonds is 5. The summed E-state index contributed by atoms with van der Waals surface area (Å²) in [5.74, 6) is 0.378. The number of amides is 1. The van der Waals surface area contributed by atoms with Crippen LogP contribution in [0.5, 0.6) is 0 Å². The zero-order valence-corrected chi connectivity index (χ0v) is 16.0. The van der Waals surface area contributed by atoms with Crippen LogP contribution < -0.4 is 0 Å². The lowest BCUT2D eigenvalue weighted by Crippen LogP contribution is -2.44. The fourth-order valence-electron chi connectivity index (χ4n) is 2.34. The summed E-state index contributed by atoms with van der Waals surface area (Å²) in [4.78, 5) is 14.0. The number of hydrogen-bond donors (Lipinski definition) is 0. The largest absolute Gasteiger partial charge is 0.416 e. The summed E-state index contributed by atoms with van der Waals surface area (Å²) in [6.45, 7) is 13.4. The van der Waals surface area contributed by atoms with Crippen molar-refractivity contribution in [2.45, 2.75) is 45.4 Å². The third-order valence-corrected chi connectivity index (χ3v) is 9.46. The summed E-state index contributed by atoms with van der Waals surface area (Å²) < 4.78 is 6.32. The minimum absolute atomic E-state index is 0.0948. The second-order valence-electron chi connectivity index (χ2n) is 7.89. The van der Waals surface area contributed by atoms with Gasteiger partial charge in [-0.25, -0.2) is 0 Å². The molecule has 1 atom stereocenters. The van der Waals surface area contributed by atoms with Crippen LogP contribution in [0.4, 0.5) is 0 Å². The Labute approximate surface area is 141 Å². The normalized spacial score (nSPS) is 19.3. The van der Waals surface area contributed by atoms with E-state index in [0.717, 1.165) is 6.54 Å². The molecule has 0 saturated heterocycles. The number of hydrogen-bond acceptors (Lipinski definition) is 2. The molecule has 0 N–H and O–H groups in total. The van der Waals surface area contributed by atoms with E-state index in [-0.39, 0.29) is 16.9 Å². The van der Waals surface area contributed by atoms with Crippen molar-refractivity contribution < 1.29 is 9.22 Å². The van der Waals surface area contributed by atoms with Gasteiger partial charge in [-0.05, 0) is 29.8 Å². The summed E-state index contributed by atoms with van der Waals surface area (Å²) in [6, 6.07) is 10.1. The second kappa shape index (κ2) is 7.01. The molecular weight excluding hydrogens is 302 g/mol. The fraction of sp³-hybridized carbons (Fsp3) is 0.526. The Bertz CT molecular complexity index is 560. The zero-order valence-electron chi connectivity index (χ0n) is 15.0. The minimum Gasteiger partial charge on any atom is -0.416 e. The molecule has 0 radical (unpaired) electrons. The zero-order chi connectivity index (χ0) is 17.1. The smallest absolute Gasteiger partial charge is 0.246 e. The predicted molar refractivity (Wildman–Crippen MR) is 97.6 cm³/mol. The molecule has 0 aromatic heterocycles. The molecule has 0 saturated carbocycles. The Kier molecular flexibility index (Phi) is 5.47. The molecular formula is C19H29NO2Si. The van der Waals surface area contributed by atoms with Crippen molar-refractivity contribution in [3.8, 4) is 0 Å². The molecule has 0 bridgehead atoms. The van der Waals surface area contributed by atoms with E-state index in [2.05, 4.69) is 46.0 Å². The summed E-state index contributed by atoms with van der Waals surface area (Å²) >= 11 is 0. The standard InChI is InChI=1S/C19H29NO2Si/c1-19(2,3)23(4,5)22-15-17-11-12-18(21)20(14-17)13-16-9-7-6-8-10-16/h6-12,17H,13-15H2,1-5H3. The Morgan fingerprint density at radius 1 is 1.22 bits per heavy atom. The number of nitrogens with zero attached hydrogens (tertiary/aromatic N) is 1. The van der Waals surface area contributed by atoms with Gasteiger partial charge in [-0.3, -0.25) is 4.79 Å². The van der Waals surface area contributed by atoms with Crippen LogP contribution in [0.25, 0.3) is 0 Å². The summed E-state index contributed by atoms with van der Waals surface area (Å²) in [5, 5.41) is 0.213. The van der Waals surface area contributed by atoms with Gasteiger partial charge >= 0.3 is 0 Å². The lowest BCUT2D eigenvalue weighted by molar-refractivity contribution is -0.128. The molecule has 3 nitrogen and oxygen atoms in total. The SMILES string of the molecule is CC(C)(C)[Si](C)(C)OCC1C=CC(=O)N(Cc2ccccc2)C1. The summed E-state index contributed by atoms with van der Waals surface area (Å²) in [6.07, 6.45) is 3.71. The quantitative estimate of drug-likeness (QED) is 0.756. The molecule has 1 aromatic rings. The molecule has 1 aliphatic rings. The van der Waals surface area contributed by atoms with E-state index in [1.807, 2.05) is 29.2 Å². The van der Waals surface area contributed by atoms with E-state index in [1.165, 1.54) is 5.56 Å². The highest BCUT2D eigenvalue weighted by Gasteiger charge is 2.37. The molecule has 0 fully saturated rings. The van der Waals surface area contributed by atoms with Crippen LogP contribution in [0.1, 0.15) is 26.3 Å². The molecule has 1 amide bonds. The number of carbonyl (C=O) groups is 1. The fourth-order valence-corrected chi connectivity index (χ4v) is 3.41. The van der Waals surface area contributed by atoms with Crippen LogP contribution in [0.3, 0.4) is 0 Å². The van der Waals surface area contributed by atoms with Gasteiger partial charge in [-0.2, -0.15) is 0 Å². The number of benzene rings is 1. The lowest BCUT2D eigenvalue weighted by Gasteiger charge is -2.38. The first-order chi connectivity index (χ1) is 10.7. The molecule has 23 heavy (non-hydrogen) atoms. The number of carbonyl (C=O) groups excluding carboxylic acids is 1. The van der Waals surface area contributed by atoms with Gasteiger partial charge in [0.1, 0.15) is 0 Å². The van der Waals surface area contributed by atoms with Gasteiger partial charge in [-0.1, -0.05) is 57.2 Å². The Morgan fingerprint density at radius 2 is 1.87 bits per heavy atom. The molecule has 2 rings (SSSR count). The van der Waals surface area contributed by atoms with Crippen LogP contribution in [-0.2, 0) is 15.8 Å². The van der Waals surface area contributed by atoms with Crippen molar-refractivity contribution in [1.82, 2.24) is 4.90 Å². The van der Waals surface area contributed by atoms with Gasteiger partial charge in [0, 0.05) is 25.6 Å². The first-order valence-corrected chi connectivity index (χ1v) is 11.2. The third kappa shape index (κ3) is 4.79. The van der Waals surface area contributed by atoms with Gasteiger partial charge in [-0.15, -0.1) is 0 Å². The van der Waals surface area contributed by atoms with Crippen molar-refractivity contribution in [2.24, 2.45) is 5.92 Å².